The molecular formula is C11H11BrN4O. The number of nitrogens with zero attached hydrogens (tertiary/aromatic N) is 4. The van der Waals surface area contributed by atoms with Crippen molar-refractivity contribution in [1.82, 2.24) is 19.7 Å². The largest absolute Gasteiger partial charge is 0.343 e. The monoisotopic (exact) mass is 294 g/mol. The third kappa shape index (κ3) is 2.52. The van der Waals surface area contributed by atoms with E-state index in [1.165, 1.54) is 4.90 Å². The minimum absolute atomic E-state index is 0.126. The number of aromatic nitrogens is 3. The van der Waals surface area contributed by atoms with Gasteiger partial charge < -0.3 is 4.90 Å². The van der Waals surface area contributed by atoms with Crippen LogP contribution in [0.15, 0.2) is 35.1 Å². The second-order valence-corrected chi connectivity index (χ2v) is 4.48. The van der Waals surface area contributed by atoms with E-state index in [0.29, 0.717) is 11.5 Å². The van der Waals surface area contributed by atoms with Gasteiger partial charge in [0, 0.05) is 20.3 Å². The number of carbonyl (C=O) groups is 1. The van der Waals surface area contributed by atoms with Crippen LogP contribution in [0.3, 0.4) is 0 Å². The lowest BCUT2D eigenvalue weighted by Crippen LogP contribution is -2.22. The van der Waals surface area contributed by atoms with Gasteiger partial charge in [-0.1, -0.05) is 6.07 Å². The smallest absolute Gasteiger partial charge is 0.273 e. The molecule has 0 fully saturated rings. The molecule has 0 saturated carbocycles. The summed E-state index contributed by atoms with van der Waals surface area (Å²) in [6, 6.07) is 7.19. The van der Waals surface area contributed by atoms with Crippen molar-refractivity contribution in [3.05, 3.63) is 40.8 Å². The molecule has 0 aliphatic heterocycles. The van der Waals surface area contributed by atoms with Crippen molar-refractivity contribution in [2.45, 2.75) is 0 Å². The Morgan fingerprint density at radius 2 is 2.12 bits per heavy atom. The lowest BCUT2D eigenvalue weighted by atomic mass is 10.4. The Hall–Kier alpha value is -1.69. The van der Waals surface area contributed by atoms with E-state index in [1.807, 2.05) is 18.2 Å². The summed E-state index contributed by atoms with van der Waals surface area (Å²) in [5.41, 5.74) is 0.400. The average Bonchev–Trinajstić information content (AvgIpc) is 2.77. The Balaban J connectivity index is 2.33. The first-order valence-electron chi connectivity index (χ1n) is 4.98. The number of rotatable bonds is 2. The van der Waals surface area contributed by atoms with E-state index in [0.717, 1.165) is 4.60 Å². The van der Waals surface area contributed by atoms with Crippen molar-refractivity contribution in [3.8, 4) is 5.82 Å². The van der Waals surface area contributed by atoms with Crippen LogP contribution in [0.2, 0.25) is 0 Å². The first kappa shape index (κ1) is 11.8. The van der Waals surface area contributed by atoms with Gasteiger partial charge in [0.25, 0.3) is 5.91 Å². The van der Waals surface area contributed by atoms with E-state index < -0.39 is 0 Å². The van der Waals surface area contributed by atoms with Crippen molar-refractivity contribution < 1.29 is 4.79 Å². The molecule has 0 aliphatic rings. The maximum Gasteiger partial charge on any atom is 0.273 e. The van der Waals surface area contributed by atoms with Gasteiger partial charge in [-0.25, -0.2) is 9.67 Å². The second kappa shape index (κ2) is 4.67. The molecule has 2 heterocycles. The highest BCUT2D eigenvalue weighted by Gasteiger charge is 2.12. The van der Waals surface area contributed by atoms with Crippen molar-refractivity contribution in [2.24, 2.45) is 0 Å². The molecule has 2 aromatic heterocycles. The van der Waals surface area contributed by atoms with Crippen LogP contribution in [0, 0.1) is 0 Å². The molecule has 88 valence electrons. The van der Waals surface area contributed by atoms with Crippen LogP contribution in [-0.2, 0) is 0 Å². The molecule has 0 unspecified atom stereocenters. The molecule has 5 nitrogen and oxygen atoms in total. The molecule has 0 atom stereocenters. The minimum Gasteiger partial charge on any atom is -0.343 e. The highest BCUT2D eigenvalue weighted by Crippen LogP contribution is 2.10. The van der Waals surface area contributed by atoms with Gasteiger partial charge in [-0.2, -0.15) is 5.10 Å². The molecular weight excluding hydrogens is 284 g/mol. The van der Waals surface area contributed by atoms with Crippen LogP contribution in [0.5, 0.6) is 0 Å². The van der Waals surface area contributed by atoms with E-state index >= 15 is 0 Å². The molecule has 0 radical (unpaired) electrons. The van der Waals surface area contributed by atoms with Gasteiger partial charge in [0.15, 0.2) is 11.5 Å². The molecule has 0 spiro atoms. The van der Waals surface area contributed by atoms with Crippen LogP contribution in [0.1, 0.15) is 10.5 Å². The summed E-state index contributed by atoms with van der Waals surface area (Å²) in [4.78, 5) is 17.4. The number of hydrogen-bond acceptors (Lipinski definition) is 3. The molecule has 0 saturated heterocycles. The van der Waals surface area contributed by atoms with Crippen LogP contribution < -0.4 is 0 Å². The van der Waals surface area contributed by atoms with Crippen molar-refractivity contribution in [3.63, 3.8) is 0 Å². The van der Waals surface area contributed by atoms with Crippen LogP contribution >= 0.6 is 15.9 Å². The van der Waals surface area contributed by atoms with Gasteiger partial charge in [0.05, 0.1) is 0 Å². The Kier molecular flexibility index (Phi) is 3.23. The summed E-state index contributed by atoms with van der Waals surface area (Å²) >= 11 is 3.29. The standard InChI is InChI=1S/C11H11BrN4O/c1-15(2)11(17)8-6-7-16(14-8)10-5-3-4-9(12)13-10/h3-7H,1-2H3. The maximum atomic E-state index is 11.7. The molecule has 2 rings (SSSR count). The van der Waals surface area contributed by atoms with Crippen LogP contribution in [-0.4, -0.2) is 39.7 Å². The first-order valence-corrected chi connectivity index (χ1v) is 5.77. The fourth-order valence-corrected chi connectivity index (χ4v) is 1.65. The van der Waals surface area contributed by atoms with E-state index in [1.54, 1.807) is 31.0 Å². The van der Waals surface area contributed by atoms with Gasteiger partial charge in [-0.3, -0.25) is 4.79 Å². The molecule has 0 aliphatic carbocycles. The van der Waals surface area contributed by atoms with Crippen LogP contribution in [0.25, 0.3) is 5.82 Å². The zero-order valence-corrected chi connectivity index (χ0v) is 11.0. The molecule has 0 N–H and O–H groups in total. The van der Waals surface area contributed by atoms with E-state index in [-0.39, 0.29) is 5.91 Å². The molecule has 0 bridgehead atoms. The zero-order chi connectivity index (χ0) is 12.4. The molecule has 1 amide bonds. The predicted octanol–water partition coefficient (Wildman–Crippen LogP) is 1.73. The Morgan fingerprint density at radius 1 is 1.35 bits per heavy atom. The normalized spacial score (nSPS) is 10.3. The number of carbonyl (C=O) groups excluding carboxylic acids is 1. The fraction of sp³-hybridized carbons (Fsp3) is 0.182. The third-order valence-electron chi connectivity index (χ3n) is 2.15. The summed E-state index contributed by atoms with van der Waals surface area (Å²) in [7, 11) is 3.39. The highest BCUT2D eigenvalue weighted by atomic mass is 79.9. The number of hydrogen-bond donors (Lipinski definition) is 0. The molecule has 0 aromatic carbocycles. The minimum atomic E-state index is -0.126. The van der Waals surface area contributed by atoms with Gasteiger partial charge in [-0.15, -0.1) is 0 Å². The summed E-state index contributed by atoms with van der Waals surface area (Å²) in [6.07, 6.45) is 1.71. The Morgan fingerprint density at radius 3 is 2.76 bits per heavy atom. The summed E-state index contributed by atoms with van der Waals surface area (Å²) in [5, 5.41) is 4.18. The Bertz CT molecular complexity index is 550. The number of halogens is 1. The van der Waals surface area contributed by atoms with Crippen molar-refractivity contribution in [1.29, 1.82) is 0 Å². The lowest BCUT2D eigenvalue weighted by molar-refractivity contribution is 0.0821. The maximum absolute atomic E-state index is 11.7. The van der Waals surface area contributed by atoms with Gasteiger partial charge >= 0.3 is 0 Å². The fourth-order valence-electron chi connectivity index (χ4n) is 1.32. The molecule has 6 heteroatoms. The third-order valence-corrected chi connectivity index (χ3v) is 2.59. The van der Waals surface area contributed by atoms with Gasteiger partial charge in [-0.05, 0) is 34.1 Å². The topological polar surface area (TPSA) is 51.0 Å². The van der Waals surface area contributed by atoms with E-state index in [4.69, 9.17) is 0 Å². The predicted molar refractivity (Wildman–Crippen MR) is 67.1 cm³/mol. The van der Waals surface area contributed by atoms with E-state index in [2.05, 4.69) is 26.0 Å². The highest BCUT2D eigenvalue weighted by molar-refractivity contribution is 9.10. The Labute approximate surface area is 107 Å². The quantitative estimate of drug-likeness (QED) is 0.793. The second-order valence-electron chi connectivity index (χ2n) is 3.66. The average molecular weight is 295 g/mol. The SMILES string of the molecule is CN(C)C(=O)c1ccn(-c2cccc(Br)n2)n1. The van der Waals surface area contributed by atoms with Crippen molar-refractivity contribution >= 4 is 21.8 Å². The summed E-state index contributed by atoms with van der Waals surface area (Å²) in [5.74, 6) is 0.538. The van der Waals surface area contributed by atoms with Crippen molar-refractivity contribution in [2.75, 3.05) is 14.1 Å². The zero-order valence-electron chi connectivity index (χ0n) is 9.46. The van der Waals surface area contributed by atoms with E-state index in [9.17, 15) is 4.79 Å². The summed E-state index contributed by atoms with van der Waals surface area (Å²) < 4.78 is 2.30. The lowest BCUT2D eigenvalue weighted by Gasteiger charge is -2.06. The number of amides is 1. The molecule has 17 heavy (non-hydrogen) atoms. The summed E-state index contributed by atoms with van der Waals surface area (Å²) in [6.45, 7) is 0. The van der Waals surface area contributed by atoms with Gasteiger partial charge in [0.2, 0.25) is 0 Å². The van der Waals surface area contributed by atoms with Crippen LogP contribution in [0.4, 0.5) is 0 Å². The first-order chi connectivity index (χ1) is 8.08. The van der Waals surface area contributed by atoms with Gasteiger partial charge in [0.1, 0.15) is 4.60 Å². The number of pyridine rings is 1. The molecule has 2 aromatic rings.